The molecule has 1 saturated heterocycles. The van der Waals surface area contributed by atoms with Crippen molar-refractivity contribution in [3.63, 3.8) is 0 Å². The maximum Gasteiger partial charge on any atom is 0.0793 e. The van der Waals surface area contributed by atoms with Gasteiger partial charge in [-0.05, 0) is 20.4 Å². The summed E-state index contributed by atoms with van der Waals surface area (Å²) < 4.78 is 0. The summed E-state index contributed by atoms with van der Waals surface area (Å²) in [5, 5.41) is 13.4. The van der Waals surface area contributed by atoms with E-state index in [1.807, 2.05) is 0 Å². The summed E-state index contributed by atoms with van der Waals surface area (Å²) in [5.74, 6) is 0. The van der Waals surface area contributed by atoms with Crippen LogP contribution < -0.4 is 5.32 Å². The van der Waals surface area contributed by atoms with Gasteiger partial charge in [0.05, 0.1) is 6.10 Å². The molecule has 0 amide bonds. The summed E-state index contributed by atoms with van der Waals surface area (Å²) in [6.07, 6.45) is 2.19. The molecule has 0 aromatic heterocycles. The second-order valence-electron chi connectivity index (χ2n) is 5.28. The summed E-state index contributed by atoms with van der Waals surface area (Å²) in [4.78, 5) is 4.62. The molecule has 1 aliphatic heterocycles. The van der Waals surface area contributed by atoms with Crippen LogP contribution in [0.5, 0.6) is 0 Å². The highest BCUT2D eigenvalue weighted by atomic mass is 16.3. The number of aliphatic hydroxyl groups excluding tert-OH is 1. The van der Waals surface area contributed by atoms with Crippen LogP contribution in [0.2, 0.25) is 0 Å². The maximum atomic E-state index is 10.1. The summed E-state index contributed by atoms with van der Waals surface area (Å²) in [6.45, 7) is 10.3. The van der Waals surface area contributed by atoms with Gasteiger partial charge in [0.15, 0.2) is 0 Å². The van der Waals surface area contributed by atoms with Gasteiger partial charge in [-0.2, -0.15) is 0 Å². The minimum absolute atomic E-state index is 0.225. The number of piperazine rings is 1. The lowest BCUT2D eigenvalue weighted by molar-refractivity contribution is 0.0655. The zero-order valence-electron chi connectivity index (χ0n) is 11.7. The predicted molar refractivity (Wildman–Crippen MR) is 72.3 cm³/mol. The molecule has 0 aromatic rings. The molecule has 1 aliphatic rings. The van der Waals surface area contributed by atoms with Gasteiger partial charge in [-0.25, -0.2) is 0 Å². The smallest absolute Gasteiger partial charge is 0.0793 e. The van der Waals surface area contributed by atoms with Crippen molar-refractivity contribution in [2.75, 3.05) is 46.3 Å². The van der Waals surface area contributed by atoms with Gasteiger partial charge in [-0.1, -0.05) is 13.3 Å². The SMILES string of the molecule is CCCC(C)N(C)CC(O)CN1CCNCC1. The first-order chi connectivity index (χ1) is 8.13. The third kappa shape index (κ3) is 5.82. The lowest BCUT2D eigenvalue weighted by Crippen LogP contribution is -2.48. The highest BCUT2D eigenvalue weighted by Crippen LogP contribution is 2.05. The number of hydrogen-bond donors (Lipinski definition) is 2. The van der Waals surface area contributed by atoms with Crippen molar-refractivity contribution < 1.29 is 5.11 Å². The van der Waals surface area contributed by atoms with E-state index in [2.05, 4.69) is 36.0 Å². The van der Waals surface area contributed by atoms with Crippen molar-refractivity contribution in [1.29, 1.82) is 0 Å². The number of nitrogens with zero attached hydrogens (tertiary/aromatic N) is 2. The highest BCUT2D eigenvalue weighted by Gasteiger charge is 2.17. The lowest BCUT2D eigenvalue weighted by Gasteiger charge is -2.32. The van der Waals surface area contributed by atoms with Crippen molar-refractivity contribution >= 4 is 0 Å². The Balaban J connectivity index is 2.20. The maximum absolute atomic E-state index is 10.1. The van der Waals surface area contributed by atoms with E-state index in [9.17, 15) is 5.11 Å². The molecule has 0 spiro atoms. The second kappa shape index (κ2) is 8.03. The van der Waals surface area contributed by atoms with Gasteiger partial charge in [0.2, 0.25) is 0 Å². The summed E-state index contributed by atoms with van der Waals surface area (Å²) in [5.41, 5.74) is 0. The number of aliphatic hydroxyl groups is 1. The Labute approximate surface area is 106 Å². The Morgan fingerprint density at radius 2 is 2.00 bits per heavy atom. The van der Waals surface area contributed by atoms with Crippen LogP contribution in [0.15, 0.2) is 0 Å². The zero-order chi connectivity index (χ0) is 12.7. The second-order valence-corrected chi connectivity index (χ2v) is 5.28. The minimum atomic E-state index is -0.225. The van der Waals surface area contributed by atoms with Crippen molar-refractivity contribution in [3.8, 4) is 0 Å². The van der Waals surface area contributed by atoms with Crippen molar-refractivity contribution in [2.45, 2.75) is 38.8 Å². The van der Waals surface area contributed by atoms with Crippen LogP contribution in [0.4, 0.5) is 0 Å². The molecule has 4 nitrogen and oxygen atoms in total. The number of likely N-dealkylation sites (N-methyl/N-ethyl adjacent to an activating group) is 1. The normalized spacial score (nSPS) is 21.7. The molecule has 0 radical (unpaired) electrons. The lowest BCUT2D eigenvalue weighted by atomic mass is 10.1. The first-order valence-electron chi connectivity index (χ1n) is 6.94. The Hall–Kier alpha value is -0.160. The van der Waals surface area contributed by atoms with Gasteiger partial charge in [0, 0.05) is 45.3 Å². The van der Waals surface area contributed by atoms with E-state index in [1.54, 1.807) is 0 Å². The Bertz CT molecular complexity index is 195. The Morgan fingerprint density at radius 3 is 2.59 bits per heavy atom. The fourth-order valence-corrected chi connectivity index (χ4v) is 2.40. The van der Waals surface area contributed by atoms with Crippen LogP contribution in [0, 0.1) is 0 Å². The van der Waals surface area contributed by atoms with Gasteiger partial charge < -0.3 is 15.3 Å². The van der Waals surface area contributed by atoms with E-state index in [0.29, 0.717) is 6.04 Å². The molecular weight excluding hydrogens is 214 g/mol. The predicted octanol–water partition coefficient (Wildman–Crippen LogP) is 0.373. The molecule has 0 bridgehead atoms. The Morgan fingerprint density at radius 1 is 1.35 bits per heavy atom. The molecule has 0 aromatic carbocycles. The zero-order valence-corrected chi connectivity index (χ0v) is 11.7. The minimum Gasteiger partial charge on any atom is -0.390 e. The molecule has 2 unspecified atom stereocenters. The largest absolute Gasteiger partial charge is 0.390 e. The number of nitrogens with one attached hydrogen (secondary N) is 1. The third-order valence-corrected chi connectivity index (χ3v) is 3.64. The van der Waals surface area contributed by atoms with Gasteiger partial charge in [-0.3, -0.25) is 4.90 Å². The monoisotopic (exact) mass is 243 g/mol. The van der Waals surface area contributed by atoms with E-state index in [0.717, 1.165) is 39.3 Å². The molecule has 2 N–H and O–H groups in total. The van der Waals surface area contributed by atoms with Gasteiger partial charge in [0.25, 0.3) is 0 Å². The quantitative estimate of drug-likeness (QED) is 0.678. The molecule has 1 fully saturated rings. The fourth-order valence-electron chi connectivity index (χ4n) is 2.40. The molecule has 0 saturated carbocycles. The molecule has 1 heterocycles. The van der Waals surface area contributed by atoms with Gasteiger partial charge >= 0.3 is 0 Å². The highest BCUT2D eigenvalue weighted by molar-refractivity contribution is 4.74. The molecule has 17 heavy (non-hydrogen) atoms. The summed E-state index contributed by atoms with van der Waals surface area (Å²) in [6, 6.07) is 0.567. The molecular formula is C13H29N3O. The van der Waals surface area contributed by atoms with Crippen LogP contribution >= 0.6 is 0 Å². The molecule has 1 rings (SSSR count). The number of rotatable bonds is 7. The molecule has 102 valence electrons. The average molecular weight is 243 g/mol. The summed E-state index contributed by atoms with van der Waals surface area (Å²) in [7, 11) is 2.11. The van der Waals surface area contributed by atoms with Crippen molar-refractivity contribution in [3.05, 3.63) is 0 Å². The summed E-state index contributed by atoms with van der Waals surface area (Å²) >= 11 is 0. The topological polar surface area (TPSA) is 38.7 Å². The van der Waals surface area contributed by atoms with E-state index in [-0.39, 0.29) is 6.10 Å². The van der Waals surface area contributed by atoms with E-state index in [4.69, 9.17) is 0 Å². The van der Waals surface area contributed by atoms with Gasteiger partial charge in [0.1, 0.15) is 0 Å². The van der Waals surface area contributed by atoms with E-state index < -0.39 is 0 Å². The van der Waals surface area contributed by atoms with Crippen LogP contribution in [0.25, 0.3) is 0 Å². The van der Waals surface area contributed by atoms with Crippen LogP contribution in [0.3, 0.4) is 0 Å². The number of hydrogen-bond acceptors (Lipinski definition) is 4. The average Bonchev–Trinajstić information content (AvgIpc) is 2.30. The molecule has 0 aliphatic carbocycles. The standard InChI is InChI=1S/C13H29N3O/c1-4-5-12(2)15(3)10-13(17)11-16-8-6-14-7-9-16/h12-14,17H,4-11H2,1-3H3. The van der Waals surface area contributed by atoms with Gasteiger partial charge in [-0.15, -0.1) is 0 Å². The fraction of sp³-hybridized carbons (Fsp3) is 1.00. The molecule has 4 heteroatoms. The van der Waals surface area contributed by atoms with Crippen LogP contribution in [-0.4, -0.2) is 73.4 Å². The van der Waals surface area contributed by atoms with Crippen LogP contribution in [-0.2, 0) is 0 Å². The first kappa shape index (κ1) is 14.9. The van der Waals surface area contributed by atoms with Crippen molar-refractivity contribution in [1.82, 2.24) is 15.1 Å². The first-order valence-corrected chi connectivity index (χ1v) is 6.94. The number of β-amino-alcohol motifs (C(OH)–C–C–N with tert-alkyl or cyclic N) is 1. The molecule has 2 atom stereocenters. The third-order valence-electron chi connectivity index (χ3n) is 3.64. The van der Waals surface area contributed by atoms with E-state index in [1.165, 1.54) is 12.8 Å². The van der Waals surface area contributed by atoms with E-state index >= 15 is 0 Å². The Kier molecular flexibility index (Phi) is 7.04. The van der Waals surface area contributed by atoms with Crippen molar-refractivity contribution in [2.24, 2.45) is 0 Å². The van der Waals surface area contributed by atoms with Crippen LogP contribution in [0.1, 0.15) is 26.7 Å².